The number of carbonyl (C=O) groups is 1. The predicted octanol–water partition coefficient (Wildman–Crippen LogP) is 2.62. The standard InChI is InChI=1S/C21H31F2N5O2/c1-3-24-20(25-12-18(14-8-9-14)27-21(29)30-4-2)26-15-10-11-28(13-15)19-16(22)6-5-7-17(19)23/h5-7,14-15,18H,3-4,8-13H2,1-2H3,(H,27,29)(H2,24,25,26). The van der Waals surface area contributed by atoms with Crippen LogP contribution in [0.3, 0.4) is 0 Å². The quantitative estimate of drug-likeness (QED) is 0.443. The molecule has 1 aliphatic heterocycles. The number of guanidine groups is 1. The Bertz CT molecular complexity index is 737. The van der Waals surface area contributed by atoms with E-state index >= 15 is 0 Å². The number of nitrogens with zero attached hydrogens (tertiary/aromatic N) is 2. The molecule has 2 atom stereocenters. The Hall–Kier alpha value is -2.58. The van der Waals surface area contributed by atoms with Crippen LogP contribution >= 0.6 is 0 Å². The summed E-state index contributed by atoms with van der Waals surface area (Å²) in [5.41, 5.74) is 0.0242. The number of anilines is 1. The number of amides is 1. The maximum absolute atomic E-state index is 14.1. The van der Waals surface area contributed by atoms with Crippen molar-refractivity contribution in [1.29, 1.82) is 0 Å². The van der Waals surface area contributed by atoms with Crippen LogP contribution in [0.1, 0.15) is 33.1 Å². The van der Waals surface area contributed by atoms with E-state index in [4.69, 9.17) is 4.74 Å². The number of rotatable bonds is 8. The molecule has 1 heterocycles. The molecule has 0 bridgehead atoms. The van der Waals surface area contributed by atoms with E-state index in [1.165, 1.54) is 18.2 Å². The minimum Gasteiger partial charge on any atom is -0.450 e. The summed E-state index contributed by atoms with van der Waals surface area (Å²) >= 11 is 0. The van der Waals surface area contributed by atoms with Crippen molar-refractivity contribution in [3.63, 3.8) is 0 Å². The second-order valence-electron chi connectivity index (χ2n) is 7.67. The first kappa shape index (κ1) is 22.1. The molecule has 1 aromatic carbocycles. The third-order valence-corrected chi connectivity index (χ3v) is 5.34. The molecule has 1 aromatic rings. The summed E-state index contributed by atoms with van der Waals surface area (Å²) in [6, 6.07) is 3.88. The highest BCUT2D eigenvalue weighted by Gasteiger charge is 2.33. The van der Waals surface area contributed by atoms with E-state index in [-0.39, 0.29) is 17.8 Å². The number of carbonyl (C=O) groups excluding carboxylic acids is 1. The third kappa shape index (κ3) is 5.96. The number of halogens is 2. The average molecular weight is 424 g/mol. The summed E-state index contributed by atoms with van der Waals surface area (Å²) in [4.78, 5) is 18.1. The minimum atomic E-state index is -0.548. The Morgan fingerprint density at radius 2 is 2.00 bits per heavy atom. The minimum absolute atomic E-state index is 0.0131. The molecule has 0 aromatic heterocycles. The summed E-state index contributed by atoms with van der Waals surface area (Å²) < 4.78 is 33.1. The van der Waals surface area contributed by atoms with Crippen molar-refractivity contribution in [1.82, 2.24) is 16.0 Å². The zero-order chi connectivity index (χ0) is 21.5. The molecule has 1 saturated carbocycles. The highest BCUT2D eigenvalue weighted by atomic mass is 19.1. The van der Waals surface area contributed by atoms with Crippen LogP contribution in [-0.4, -0.2) is 56.9 Å². The molecular weight excluding hydrogens is 392 g/mol. The first-order valence-corrected chi connectivity index (χ1v) is 10.7. The highest BCUT2D eigenvalue weighted by Crippen LogP contribution is 2.33. The molecule has 9 heteroatoms. The van der Waals surface area contributed by atoms with Crippen LogP contribution in [0.5, 0.6) is 0 Å². The van der Waals surface area contributed by atoms with Crippen molar-refractivity contribution >= 4 is 17.7 Å². The van der Waals surface area contributed by atoms with E-state index in [9.17, 15) is 13.6 Å². The van der Waals surface area contributed by atoms with E-state index < -0.39 is 17.7 Å². The number of alkyl carbamates (subject to hydrolysis) is 1. The molecule has 7 nitrogen and oxygen atoms in total. The molecule has 2 unspecified atom stereocenters. The van der Waals surface area contributed by atoms with Crippen LogP contribution in [-0.2, 0) is 4.74 Å². The molecular formula is C21H31F2N5O2. The normalized spacial score (nSPS) is 20.1. The van der Waals surface area contributed by atoms with Gasteiger partial charge < -0.3 is 25.6 Å². The van der Waals surface area contributed by atoms with Crippen molar-refractivity contribution in [2.75, 3.05) is 37.7 Å². The molecule has 2 aliphatic rings. The molecule has 1 aliphatic carbocycles. The van der Waals surface area contributed by atoms with Crippen molar-refractivity contribution in [2.24, 2.45) is 10.9 Å². The van der Waals surface area contributed by atoms with Crippen molar-refractivity contribution < 1.29 is 18.3 Å². The molecule has 1 amide bonds. The van der Waals surface area contributed by atoms with Gasteiger partial charge in [-0.2, -0.15) is 0 Å². The third-order valence-electron chi connectivity index (χ3n) is 5.34. The monoisotopic (exact) mass is 423 g/mol. The summed E-state index contributed by atoms with van der Waals surface area (Å²) in [6.07, 6.45) is 2.47. The number of benzene rings is 1. The Kier molecular flexibility index (Phi) is 7.70. The van der Waals surface area contributed by atoms with Gasteiger partial charge in [0.05, 0.1) is 19.2 Å². The summed E-state index contributed by atoms with van der Waals surface area (Å²) in [5, 5.41) is 9.46. The van der Waals surface area contributed by atoms with Crippen LogP contribution < -0.4 is 20.9 Å². The van der Waals surface area contributed by atoms with Gasteiger partial charge in [-0.1, -0.05) is 6.07 Å². The van der Waals surface area contributed by atoms with E-state index in [2.05, 4.69) is 20.9 Å². The summed E-state index contributed by atoms with van der Waals surface area (Å²) in [7, 11) is 0. The maximum Gasteiger partial charge on any atom is 0.407 e. The Morgan fingerprint density at radius 1 is 1.27 bits per heavy atom. The van der Waals surface area contributed by atoms with Gasteiger partial charge in [0, 0.05) is 25.7 Å². The fourth-order valence-electron chi connectivity index (χ4n) is 3.71. The van der Waals surface area contributed by atoms with Crippen molar-refractivity contribution in [3.05, 3.63) is 29.8 Å². The lowest BCUT2D eigenvalue weighted by atomic mass is 10.2. The van der Waals surface area contributed by atoms with Crippen LogP contribution in [0.15, 0.2) is 23.2 Å². The lowest BCUT2D eigenvalue weighted by Crippen LogP contribution is -2.46. The number of aliphatic imine (C=N–C) groups is 1. The van der Waals surface area contributed by atoms with E-state index in [1.54, 1.807) is 11.8 Å². The van der Waals surface area contributed by atoms with E-state index in [1.807, 2.05) is 6.92 Å². The topological polar surface area (TPSA) is 78.0 Å². The Labute approximate surface area is 176 Å². The molecule has 3 rings (SSSR count). The zero-order valence-corrected chi connectivity index (χ0v) is 17.6. The van der Waals surface area contributed by atoms with Gasteiger partial charge in [0.25, 0.3) is 0 Å². The summed E-state index contributed by atoms with van der Waals surface area (Å²) in [5.74, 6) is -0.0382. The van der Waals surface area contributed by atoms with Gasteiger partial charge in [0.2, 0.25) is 0 Å². The smallest absolute Gasteiger partial charge is 0.407 e. The van der Waals surface area contributed by atoms with Crippen molar-refractivity contribution in [3.8, 4) is 0 Å². The lowest BCUT2D eigenvalue weighted by molar-refractivity contribution is 0.147. The van der Waals surface area contributed by atoms with Gasteiger partial charge in [0.1, 0.15) is 17.3 Å². The number of ether oxygens (including phenoxy) is 1. The zero-order valence-electron chi connectivity index (χ0n) is 17.6. The molecule has 0 radical (unpaired) electrons. The Morgan fingerprint density at radius 3 is 2.63 bits per heavy atom. The molecule has 30 heavy (non-hydrogen) atoms. The molecule has 166 valence electrons. The molecule has 2 fully saturated rings. The van der Waals surface area contributed by atoms with Gasteiger partial charge in [-0.05, 0) is 51.2 Å². The van der Waals surface area contributed by atoms with E-state index in [0.29, 0.717) is 44.7 Å². The molecule has 1 saturated heterocycles. The second-order valence-corrected chi connectivity index (χ2v) is 7.67. The lowest BCUT2D eigenvalue weighted by Gasteiger charge is -2.22. The number of para-hydroxylation sites is 1. The fourth-order valence-corrected chi connectivity index (χ4v) is 3.71. The van der Waals surface area contributed by atoms with Gasteiger partial charge in [-0.3, -0.25) is 4.99 Å². The first-order chi connectivity index (χ1) is 14.5. The van der Waals surface area contributed by atoms with Crippen molar-refractivity contribution in [2.45, 2.75) is 45.2 Å². The van der Waals surface area contributed by atoms with E-state index in [0.717, 1.165) is 19.3 Å². The van der Waals surface area contributed by atoms with Gasteiger partial charge in [-0.25, -0.2) is 13.6 Å². The van der Waals surface area contributed by atoms with Gasteiger partial charge in [-0.15, -0.1) is 0 Å². The van der Waals surface area contributed by atoms with Crippen LogP contribution in [0.2, 0.25) is 0 Å². The van der Waals surface area contributed by atoms with Gasteiger partial charge in [0.15, 0.2) is 5.96 Å². The Balaban J connectivity index is 1.59. The predicted molar refractivity (Wildman–Crippen MR) is 113 cm³/mol. The highest BCUT2D eigenvalue weighted by molar-refractivity contribution is 5.80. The first-order valence-electron chi connectivity index (χ1n) is 10.7. The number of hydrogen-bond acceptors (Lipinski definition) is 4. The number of hydrogen-bond donors (Lipinski definition) is 3. The fraction of sp³-hybridized carbons (Fsp3) is 0.619. The summed E-state index contributed by atoms with van der Waals surface area (Å²) in [6.45, 7) is 6.24. The molecule has 3 N–H and O–H groups in total. The number of nitrogens with one attached hydrogen (secondary N) is 3. The average Bonchev–Trinajstić information content (AvgIpc) is 3.45. The van der Waals surface area contributed by atoms with Crippen LogP contribution in [0, 0.1) is 17.6 Å². The van der Waals surface area contributed by atoms with Gasteiger partial charge >= 0.3 is 6.09 Å². The van der Waals surface area contributed by atoms with Crippen LogP contribution in [0.4, 0.5) is 19.3 Å². The SMILES string of the molecule is CCNC(=NCC(NC(=O)OCC)C1CC1)NC1CCN(c2c(F)cccc2F)C1. The largest absolute Gasteiger partial charge is 0.450 e. The van der Waals surface area contributed by atoms with Crippen LogP contribution in [0.25, 0.3) is 0 Å². The molecule has 0 spiro atoms. The maximum atomic E-state index is 14.1. The second kappa shape index (κ2) is 10.4.